The van der Waals surface area contributed by atoms with Crippen molar-refractivity contribution in [3.8, 4) is 0 Å². The Balaban J connectivity index is 2.51. The zero-order valence-corrected chi connectivity index (χ0v) is 10.8. The van der Waals surface area contributed by atoms with Crippen LogP contribution in [0, 0.1) is 6.92 Å². The van der Waals surface area contributed by atoms with Gasteiger partial charge in [-0.2, -0.15) is 0 Å². The number of rotatable bonds is 5. The fourth-order valence-corrected chi connectivity index (χ4v) is 1.75. The van der Waals surface area contributed by atoms with Crippen molar-refractivity contribution in [3.05, 3.63) is 35.4 Å². The summed E-state index contributed by atoms with van der Waals surface area (Å²) >= 11 is 0. The first-order valence-corrected chi connectivity index (χ1v) is 5.89. The van der Waals surface area contributed by atoms with Crippen molar-refractivity contribution in [2.45, 2.75) is 39.3 Å². The van der Waals surface area contributed by atoms with Crippen LogP contribution in [0.2, 0.25) is 0 Å². The molecule has 2 heteroatoms. The van der Waals surface area contributed by atoms with Gasteiger partial charge in [0.2, 0.25) is 0 Å². The lowest BCUT2D eigenvalue weighted by Gasteiger charge is -2.28. The SMILES string of the molecule is CCC(C)(O)CN(C)Cc1ccc(C)cc1. The molecule has 0 spiro atoms. The maximum Gasteiger partial charge on any atom is 0.0743 e. The average molecular weight is 221 g/mol. The number of aliphatic hydroxyl groups is 1. The third kappa shape index (κ3) is 4.33. The molecule has 0 heterocycles. The monoisotopic (exact) mass is 221 g/mol. The van der Waals surface area contributed by atoms with Gasteiger partial charge in [-0.15, -0.1) is 0 Å². The first-order valence-electron chi connectivity index (χ1n) is 5.89. The van der Waals surface area contributed by atoms with Gasteiger partial charge in [0.05, 0.1) is 5.60 Å². The maximum atomic E-state index is 9.97. The van der Waals surface area contributed by atoms with E-state index in [4.69, 9.17) is 0 Å². The van der Waals surface area contributed by atoms with Crippen LogP contribution in [-0.2, 0) is 6.54 Å². The van der Waals surface area contributed by atoms with Gasteiger partial charge in [0.25, 0.3) is 0 Å². The molecule has 16 heavy (non-hydrogen) atoms. The molecule has 2 nitrogen and oxygen atoms in total. The third-order valence-electron chi connectivity index (χ3n) is 2.95. The van der Waals surface area contributed by atoms with Gasteiger partial charge in [0.15, 0.2) is 0 Å². The normalized spacial score (nSPS) is 15.1. The molecule has 1 N–H and O–H groups in total. The minimum atomic E-state index is -0.584. The molecule has 90 valence electrons. The molecule has 1 aromatic carbocycles. The highest BCUT2D eigenvalue weighted by Gasteiger charge is 2.19. The summed E-state index contributed by atoms with van der Waals surface area (Å²) in [5, 5.41) is 9.97. The molecule has 0 fully saturated rings. The Morgan fingerprint density at radius 2 is 1.81 bits per heavy atom. The predicted octanol–water partition coefficient (Wildman–Crippen LogP) is 2.59. The Bertz CT molecular complexity index is 316. The van der Waals surface area contributed by atoms with E-state index >= 15 is 0 Å². The highest BCUT2D eigenvalue weighted by molar-refractivity contribution is 5.21. The van der Waals surface area contributed by atoms with Crippen molar-refractivity contribution >= 4 is 0 Å². The molecule has 0 aromatic heterocycles. The zero-order chi connectivity index (χ0) is 12.2. The number of hydrogen-bond donors (Lipinski definition) is 1. The van der Waals surface area contributed by atoms with Gasteiger partial charge < -0.3 is 5.11 Å². The lowest BCUT2D eigenvalue weighted by atomic mass is 10.0. The molecule has 0 bridgehead atoms. The van der Waals surface area contributed by atoms with Crippen molar-refractivity contribution in [2.24, 2.45) is 0 Å². The van der Waals surface area contributed by atoms with Gasteiger partial charge in [-0.25, -0.2) is 0 Å². The van der Waals surface area contributed by atoms with E-state index in [0.29, 0.717) is 6.54 Å². The second-order valence-corrected chi connectivity index (χ2v) is 5.01. The quantitative estimate of drug-likeness (QED) is 0.826. The molecule has 0 saturated heterocycles. The number of benzene rings is 1. The van der Waals surface area contributed by atoms with Gasteiger partial charge in [-0.05, 0) is 32.9 Å². The third-order valence-corrected chi connectivity index (χ3v) is 2.95. The largest absolute Gasteiger partial charge is 0.389 e. The smallest absolute Gasteiger partial charge is 0.0743 e. The highest BCUT2D eigenvalue weighted by Crippen LogP contribution is 2.12. The van der Waals surface area contributed by atoms with Crippen LogP contribution in [0.25, 0.3) is 0 Å². The van der Waals surface area contributed by atoms with Crippen molar-refractivity contribution < 1.29 is 5.11 Å². The molecular formula is C14H23NO. The molecule has 1 aromatic rings. The van der Waals surface area contributed by atoms with E-state index in [-0.39, 0.29) is 0 Å². The lowest BCUT2D eigenvalue weighted by molar-refractivity contribution is 0.0218. The number of likely N-dealkylation sites (N-methyl/N-ethyl adjacent to an activating group) is 1. The molecular weight excluding hydrogens is 198 g/mol. The van der Waals surface area contributed by atoms with Crippen LogP contribution in [0.4, 0.5) is 0 Å². The second-order valence-electron chi connectivity index (χ2n) is 5.01. The summed E-state index contributed by atoms with van der Waals surface area (Å²) in [5.74, 6) is 0. The molecule has 0 aliphatic heterocycles. The Hall–Kier alpha value is -0.860. The number of hydrogen-bond acceptors (Lipinski definition) is 2. The summed E-state index contributed by atoms with van der Waals surface area (Å²) < 4.78 is 0. The second kappa shape index (κ2) is 5.46. The lowest BCUT2D eigenvalue weighted by Crippen LogP contribution is -2.37. The molecule has 1 atom stereocenters. The van der Waals surface area contributed by atoms with E-state index in [1.54, 1.807) is 0 Å². The van der Waals surface area contributed by atoms with Crippen molar-refractivity contribution in [1.82, 2.24) is 4.90 Å². The molecule has 0 amide bonds. The Kier molecular flexibility index (Phi) is 4.51. The predicted molar refractivity (Wildman–Crippen MR) is 68.4 cm³/mol. The average Bonchev–Trinajstić information content (AvgIpc) is 2.21. The first-order chi connectivity index (χ1) is 7.43. The zero-order valence-electron chi connectivity index (χ0n) is 10.8. The van der Waals surface area contributed by atoms with Gasteiger partial charge in [0, 0.05) is 13.1 Å². The van der Waals surface area contributed by atoms with Gasteiger partial charge in [0.1, 0.15) is 0 Å². The van der Waals surface area contributed by atoms with E-state index in [1.807, 2.05) is 20.9 Å². The topological polar surface area (TPSA) is 23.5 Å². The molecule has 1 unspecified atom stereocenters. The molecule has 0 saturated carbocycles. The van der Waals surface area contributed by atoms with Gasteiger partial charge >= 0.3 is 0 Å². The van der Waals surface area contributed by atoms with Gasteiger partial charge in [-0.1, -0.05) is 36.8 Å². The van der Waals surface area contributed by atoms with Crippen LogP contribution >= 0.6 is 0 Å². The van der Waals surface area contributed by atoms with Crippen LogP contribution in [0.5, 0.6) is 0 Å². The summed E-state index contributed by atoms with van der Waals surface area (Å²) in [6.45, 7) is 7.58. The van der Waals surface area contributed by atoms with E-state index in [1.165, 1.54) is 11.1 Å². The highest BCUT2D eigenvalue weighted by atomic mass is 16.3. The fourth-order valence-electron chi connectivity index (χ4n) is 1.75. The Morgan fingerprint density at radius 1 is 1.25 bits per heavy atom. The van der Waals surface area contributed by atoms with Crippen LogP contribution in [0.1, 0.15) is 31.4 Å². The van der Waals surface area contributed by atoms with Gasteiger partial charge in [-0.3, -0.25) is 4.90 Å². The Labute approximate surface area is 98.9 Å². The van der Waals surface area contributed by atoms with E-state index < -0.39 is 5.60 Å². The van der Waals surface area contributed by atoms with Crippen molar-refractivity contribution in [2.75, 3.05) is 13.6 Å². The minimum absolute atomic E-state index is 0.584. The molecule has 0 aliphatic carbocycles. The van der Waals surface area contributed by atoms with E-state index in [2.05, 4.69) is 36.1 Å². The van der Waals surface area contributed by atoms with Crippen molar-refractivity contribution in [1.29, 1.82) is 0 Å². The van der Waals surface area contributed by atoms with Crippen LogP contribution in [0.3, 0.4) is 0 Å². The summed E-state index contributed by atoms with van der Waals surface area (Å²) in [6.07, 6.45) is 0.783. The summed E-state index contributed by atoms with van der Waals surface area (Å²) in [5.41, 5.74) is 1.99. The van der Waals surface area contributed by atoms with E-state index in [0.717, 1.165) is 13.0 Å². The van der Waals surface area contributed by atoms with Crippen LogP contribution in [0.15, 0.2) is 24.3 Å². The number of aryl methyl sites for hydroxylation is 1. The summed E-state index contributed by atoms with van der Waals surface area (Å²) in [7, 11) is 2.05. The minimum Gasteiger partial charge on any atom is -0.389 e. The van der Waals surface area contributed by atoms with Crippen LogP contribution in [-0.4, -0.2) is 29.2 Å². The Morgan fingerprint density at radius 3 is 2.31 bits per heavy atom. The van der Waals surface area contributed by atoms with Crippen LogP contribution < -0.4 is 0 Å². The summed E-state index contributed by atoms with van der Waals surface area (Å²) in [4.78, 5) is 2.16. The standard InChI is InChI=1S/C14H23NO/c1-5-14(3,16)11-15(4)10-13-8-6-12(2)7-9-13/h6-9,16H,5,10-11H2,1-4H3. The number of nitrogens with zero attached hydrogens (tertiary/aromatic N) is 1. The first kappa shape index (κ1) is 13.2. The van der Waals surface area contributed by atoms with Crippen molar-refractivity contribution in [3.63, 3.8) is 0 Å². The fraction of sp³-hybridized carbons (Fsp3) is 0.571. The summed E-state index contributed by atoms with van der Waals surface area (Å²) in [6, 6.07) is 8.54. The molecule has 0 aliphatic rings. The molecule has 0 radical (unpaired) electrons. The van der Waals surface area contributed by atoms with E-state index in [9.17, 15) is 5.11 Å². The maximum absolute atomic E-state index is 9.97. The molecule has 1 rings (SSSR count).